The third-order valence-electron chi connectivity index (χ3n) is 7.28. The van der Waals surface area contributed by atoms with Gasteiger partial charge in [-0.1, -0.05) is 68.3 Å². The Kier molecular flexibility index (Phi) is 11.0. The number of halogens is 4. The van der Waals surface area contributed by atoms with Gasteiger partial charge in [0.1, 0.15) is 5.75 Å². The second-order valence-electron chi connectivity index (χ2n) is 10.6. The van der Waals surface area contributed by atoms with Crippen molar-refractivity contribution in [3.8, 4) is 5.75 Å². The van der Waals surface area contributed by atoms with Gasteiger partial charge >= 0.3 is 6.18 Å². The highest BCUT2D eigenvalue weighted by Crippen LogP contribution is 2.40. The third kappa shape index (κ3) is 8.92. The molecule has 0 aliphatic carbocycles. The Hall–Kier alpha value is -4.14. The van der Waals surface area contributed by atoms with Gasteiger partial charge in [0.05, 0.1) is 23.9 Å². The Morgan fingerprint density at radius 3 is 2.30 bits per heavy atom. The van der Waals surface area contributed by atoms with Crippen LogP contribution in [0.4, 0.5) is 17.6 Å². The molecule has 4 rings (SSSR count). The molecular formula is C34H37F4N3O2. The molecule has 0 aliphatic rings. The van der Waals surface area contributed by atoms with Gasteiger partial charge < -0.3 is 9.64 Å². The lowest BCUT2D eigenvalue weighted by Gasteiger charge is -2.19. The van der Waals surface area contributed by atoms with E-state index in [1.54, 1.807) is 71.6 Å². The molecule has 0 saturated carbocycles. The predicted molar refractivity (Wildman–Crippen MR) is 162 cm³/mol. The molecule has 0 radical (unpaired) electrons. The van der Waals surface area contributed by atoms with Crippen LogP contribution in [0, 0.1) is 5.95 Å². The van der Waals surface area contributed by atoms with E-state index < -0.39 is 18.5 Å². The summed E-state index contributed by atoms with van der Waals surface area (Å²) in [7, 11) is 1.83. The Labute approximate surface area is 249 Å². The molecule has 0 spiro atoms. The van der Waals surface area contributed by atoms with Crippen LogP contribution in [-0.2, 0) is 4.79 Å². The molecule has 1 heterocycles. The van der Waals surface area contributed by atoms with E-state index in [1.165, 1.54) is 6.07 Å². The fourth-order valence-electron chi connectivity index (χ4n) is 5.11. The lowest BCUT2D eigenvalue weighted by molar-refractivity contribution is -0.130. The van der Waals surface area contributed by atoms with Crippen molar-refractivity contribution < 1.29 is 27.1 Å². The highest BCUT2D eigenvalue weighted by Gasteiger charge is 2.31. The molecule has 0 fully saturated rings. The smallest absolute Gasteiger partial charge is 0.393 e. The largest absolute Gasteiger partial charge is 0.494 e. The number of nitrogens with zero attached hydrogens (tertiary/aromatic N) is 2. The van der Waals surface area contributed by atoms with Gasteiger partial charge in [0.15, 0.2) is 0 Å². The lowest BCUT2D eigenvalue weighted by atomic mass is 9.87. The van der Waals surface area contributed by atoms with Crippen molar-refractivity contribution in [1.82, 2.24) is 15.1 Å². The molecule has 1 amide bonds. The van der Waals surface area contributed by atoms with Crippen molar-refractivity contribution in [3.05, 3.63) is 95.4 Å². The maximum atomic E-state index is 14.4. The standard InChI is InChI=1S/C34H37F4N3O2/c1-3-20-41(2)31(42)13-9-4-5-10-21-43-27-17-14-25(15-18-27)32(26-16-19-30-28(22-26)33(35)40-39-30)29(23-34(36,37)38)24-11-7-6-8-12-24/h6-8,11-12,14-19,22H,3-5,9-10,13,20-21,23H2,1-2H3,(H,39,40). The number of aromatic nitrogens is 2. The number of benzene rings is 3. The first kappa shape index (κ1) is 31.8. The van der Waals surface area contributed by atoms with Crippen LogP contribution < -0.4 is 4.74 Å². The molecule has 3 aromatic carbocycles. The highest BCUT2D eigenvalue weighted by atomic mass is 19.4. The number of allylic oxidation sites excluding steroid dienone is 1. The number of fused-ring (bicyclic) bond motifs is 1. The maximum Gasteiger partial charge on any atom is 0.393 e. The number of ether oxygens (including phenoxy) is 1. The van der Waals surface area contributed by atoms with Gasteiger partial charge in [-0.15, -0.1) is 0 Å². The Morgan fingerprint density at radius 2 is 1.60 bits per heavy atom. The summed E-state index contributed by atoms with van der Waals surface area (Å²) in [5.74, 6) is 0.132. The molecular weight excluding hydrogens is 558 g/mol. The van der Waals surface area contributed by atoms with Crippen molar-refractivity contribution in [2.45, 2.75) is 58.0 Å². The van der Waals surface area contributed by atoms with Crippen molar-refractivity contribution >= 4 is 28.0 Å². The summed E-state index contributed by atoms with van der Waals surface area (Å²) in [5.41, 5.74) is 2.26. The topological polar surface area (TPSA) is 58.2 Å². The van der Waals surface area contributed by atoms with Crippen molar-refractivity contribution in [3.63, 3.8) is 0 Å². The second-order valence-corrected chi connectivity index (χ2v) is 10.6. The van der Waals surface area contributed by atoms with Gasteiger partial charge in [-0.2, -0.15) is 22.7 Å². The summed E-state index contributed by atoms with van der Waals surface area (Å²) in [5, 5.41) is 6.40. The molecule has 0 bridgehead atoms. The minimum atomic E-state index is -4.47. The van der Waals surface area contributed by atoms with E-state index >= 15 is 0 Å². The average Bonchev–Trinajstić information content (AvgIpc) is 3.36. The molecule has 1 aromatic heterocycles. The molecule has 228 valence electrons. The van der Waals surface area contributed by atoms with E-state index in [-0.39, 0.29) is 16.9 Å². The number of unbranched alkanes of at least 4 members (excludes halogenated alkanes) is 3. The first-order chi connectivity index (χ1) is 20.7. The number of amides is 1. The van der Waals surface area contributed by atoms with Crippen LogP contribution in [0.2, 0.25) is 0 Å². The molecule has 1 N–H and O–H groups in total. The Balaban J connectivity index is 1.52. The highest BCUT2D eigenvalue weighted by molar-refractivity contribution is 6.00. The fraction of sp³-hybridized carbons (Fsp3) is 0.353. The molecule has 4 aromatic rings. The van der Waals surface area contributed by atoms with E-state index in [2.05, 4.69) is 10.2 Å². The monoisotopic (exact) mass is 595 g/mol. The molecule has 43 heavy (non-hydrogen) atoms. The maximum absolute atomic E-state index is 14.4. The zero-order valence-electron chi connectivity index (χ0n) is 24.5. The zero-order valence-corrected chi connectivity index (χ0v) is 24.5. The third-order valence-corrected chi connectivity index (χ3v) is 7.28. The summed E-state index contributed by atoms with van der Waals surface area (Å²) in [6.45, 7) is 3.31. The number of carbonyl (C=O) groups is 1. The Morgan fingerprint density at radius 1 is 0.907 bits per heavy atom. The van der Waals surface area contributed by atoms with Gasteiger partial charge in [0.25, 0.3) is 0 Å². The van der Waals surface area contributed by atoms with Crippen LogP contribution in [0.25, 0.3) is 22.0 Å². The number of hydrogen-bond donors (Lipinski definition) is 1. The van der Waals surface area contributed by atoms with Crippen LogP contribution >= 0.6 is 0 Å². The van der Waals surface area contributed by atoms with Crippen LogP contribution in [0.1, 0.15) is 68.6 Å². The number of hydrogen-bond acceptors (Lipinski definition) is 3. The van der Waals surface area contributed by atoms with E-state index in [0.29, 0.717) is 46.6 Å². The zero-order chi connectivity index (χ0) is 30.8. The normalized spacial score (nSPS) is 12.3. The van der Waals surface area contributed by atoms with Crippen molar-refractivity contribution in [1.29, 1.82) is 0 Å². The summed E-state index contributed by atoms with van der Waals surface area (Å²) in [6, 6.07) is 20.2. The number of H-pyrrole nitrogens is 1. The first-order valence-electron chi connectivity index (χ1n) is 14.6. The number of carbonyl (C=O) groups excluding carboxylic acids is 1. The fourth-order valence-corrected chi connectivity index (χ4v) is 5.11. The van der Waals surface area contributed by atoms with Crippen molar-refractivity contribution in [2.24, 2.45) is 0 Å². The average molecular weight is 596 g/mol. The summed E-state index contributed by atoms with van der Waals surface area (Å²) >= 11 is 0. The molecule has 0 unspecified atom stereocenters. The first-order valence-corrected chi connectivity index (χ1v) is 14.6. The van der Waals surface area contributed by atoms with E-state index in [1.807, 2.05) is 14.0 Å². The second kappa shape index (κ2) is 14.8. The number of aromatic amines is 1. The predicted octanol–water partition coefficient (Wildman–Crippen LogP) is 8.81. The van der Waals surface area contributed by atoms with Gasteiger partial charge in [-0.3, -0.25) is 9.89 Å². The molecule has 5 nitrogen and oxygen atoms in total. The summed E-state index contributed by atoms with van der Waals surface area (Å²) in [4.78, 5) is 13.8. The van der Waals surface area contributed by atoms with Crippen LogP contribution in [0.5, 0.6) is 5.75 Å². The van der Waals surface area contributed by atoms with Gasteiger partial charge in [-0.05, 0) is 71.4 Å². The quantitative estimate of drug-likeness (QED) is 0.0900. The SMILES string of the molecule is CCCN(C)C(=O)CCCCCCOc1ccc(C(=C(CC(F)(F)F)c2ccccc2)c2ccc3n[nH]c(F)c3c2)cc1. The summed E-state index contributed by atoms with van der Waals surface area (Å²) in [6.07, 6.45) is -0.597. The van der Waals surface area contributed by atoms with Gasteiger partial charge in [0.2, 0.25) is 11.9 Å². The van der Waals surface area contributed by atoms with Gasteiger partial charge in [0, 0.05) is 20.0 Å². The van der Waals surface area contributed by atoms with E-state index in [0.717, 1.165) is 38.6 Å². The minimum absolute atomic E-state index is 0.0874. The molecule has 0 aliphatic heterocycles. The molecule has 0 atom stereocenters. The Bertz CT molecular complexity index is 1510. The molecule has 9 heteroatoms. The van der Waals surface area contributed by atoms with Crippen LogP contribution in [0.3, 0.4) is 0 Å². The van der Waals surface area contributed by atoms with E-state index in [4.69, 9.17) is 4.74 Å². The van der Waals surface area contributed by atoms with Crippen LogP contribution in [-0.4, -0.2) is 47.4 Å². The van der Waals surface area contributed by atoms with Crippen LogP contribution in [0.15, 0.2) is 72.8 Å². The number of alkyl halides is 3. The summed E-state index contributed by atoms with van der Waals surface area (Å²) < 4.78 is 62.1. The number of rotatable bonds is 14. The number of nitrogens with one attached hydrogen (secondary N) is 1. The lowest BCUT2D eigenvalue weighted by Crippen LogP contribution is -2.26. The molecule has 0 saturated heterocycles. The minimum Gasteiger partial charge on any atom is -0.494 e. The van der Waals surface area contributed by atoms with Crippen molar-refractivity contribution in [2.75, 3.05) is 20.2 Å². The van der Waals surface area contributed by atoms with E-state index in [9.17, 15) is 22.4 Å². The van der Waals surface area contributed by atoms with Gasteiger partial charge in [-0.25, -0.2) is 0 Å².